The molecule has 1 aromatic carbocycles. The van der Waals surface area contributed by atoms with Crippen molar-refractivity contribution in [2.24, 2.45) is 5.92 Å². The van der Waals surface area contributed by atoms with E-state index in [1.165, 1.54) is 0 Å². The molecule has 0 heterocycles. The number of nitro benzene ring substituents is 1. The van der Waals surface area contributed by atoms with Crippen LogP contribution in [0.1, 0.15) is 60.7 Å². The van der Waals surface area contributed by atoms with E-state index < -0.39 is 35.1 Å². The van der Waals surface area contributed by atoms with Gasteiger partial charge in [-0.3, -0.25) is 14.9 Å². The number of hydrogen-bond donors (Lipinski definition) is 1. The average molecular weight is 394 g/mol. The number of nitro groups is 1. The molecule has 0 aliphatic heterocycles. The minimum Gasteiger partial charge on any atom is -0.465 e. The Morgan fingerprint density at radius 1 is 1.07 bits per heavy atom. The van der Waals surface area contributed by atoms with Crippen molar-refractivity contribution in [3.8, 4) is 0 Å². The van der Waals surface area contributed by atoms with Gasteiger partial charge in [0.1, 0.15) is 0 Å². The second-order valence-electron chi connectivity index (χ2n) is 6.89. The standard InChI is InChI=1S/C19H26N2O7/c1-12(2)6-5-7-13(3)20-17(22)11-28-19(24)15-8-14(18(23)27-4)9-16(10-15)21(25)26/h8-10,12-13H,5-7,11H2,1-4H3,(H,20,22)/t13-/m0/s1. The number of hydrogen-bond acceptors (Lipinski definition) is 7. The number of ether oxygens (including phenoxy) is 2. The van der Waals surface area contributed by atoms with E-state index >= 15 is 0 Å². The molecule has 0 spiro atoms. The lowest BCUT2D eigenvalue weighted by molar-refractivity contribution is -0.384. The highest BCUT2D eigenvalue weighted by molar-refractivity contribution is 5.97. The van der Waals surface area contributed by atoms with Gasteiger partial charge in [-0.15, -0.1) is 0 Å². The smallest absolute Gasteiger partial charge is 0.338 e. The monoisotopic (exact) mass is 394 g/mol. The van der Waals surface area contributed by atoms with Crippen molar-refractivity contribution in [2.45, 2.75) is 46.1 Å². The third kappa shape index (κ3) is 7.73. The van der Waals surface area contributed by atoms with E-state index in [4.69, 9.17) is 4.74 Å². The molecule has 0 aliphatic carbocycles. The minimum absolute atomic E-state index is 0.0614. The quantitative estimate of drug-likeness (QED) is 0.367. The Bertz CT molecular complexity index is 731. The first-order chi connectivity index (χ1) is 13.1. The average Bonchev–Trinajstić information content (AvgIpc) is 2.64. The zero-order valence-corrected chi connectivity index (χ0v) is 16.5. The van der Waals surface area contributed by atoms with Crippen LogP contribution in [0.3, 0.4) is 0 Å². The number of benzene rings is 1. The van der Waals surface area contributed by atoms with Gasteiger partial charge in [-0.25, -0.2) is 9.59 Å². The summed E-state index contributed by atoms with van der Waals surface area (Å²) in [5, 5.41) is 13.7. The summed E-state index contributed by atoms with van der Waals surface area (Å²) in [5.74, 6) is -1.65. The van der Waals surface area contributed by atoms with Gasteiger partial charge in [-0.1, -0.05) is 26.7 Å². The molecule has 28 heavy (non-hydrogen) atoms. The van der Waals surface area contributed by atoms with Crippen LogP contribution < -0.4 is 5.32 Å². The Labute approximate surface area is 163 Å². The Kier molecular flexibility index (Phi) is 9.07. The van der Waals surface area contributed by atoms with Gasteiger partial charge in [0.2, 0.25) is 0 Å². The summed E-state index contributed by atoms with van der Waals surface area (Å²) < 4.78 is 9.43. The molecule has 0 aromatic heterocycles. The highest BCUT2D eigenvalue weighted by Crippen LogP contribution is 2.19. The lowest BCUT2D eigenvalue weighted by Crippen LogP contribution is -2.35. The zero-order valence-electron chi connectivity index (χ0n) is 16.5. The van der Waals surface area contributed by atoms with Gasteiger partial charge in [0.15, 0.2) is 6.61 Å². The molecule has 0 fully saturated rings. The highest BCUT2D eigenvalue weighted by Gasteiger charge is 2.20. The molecule has 0 saturated heterocycles. The predicted molar refractivity (Wildman–Crippen MR) is 101 cm³/mol. The van der Waals surface area contributed by atoms with Crippen LogP contribution in [0.5, 0.6) is 0 Å². The molecule has 1 N–H and O–H groups in total. The minimum atomic E-state index is -0.948. The molecular weight excluding hydrogens is 368 g/mol. The molecule has 1 rings (SSSR count). The van der Waals surface area contributed by atoms with E-state index in [-0.39, 0.29) is 17.2 Å². The van der Waals surface area contributed by atoms with E-state index in [1.54, 1.807) is 0 Å². The summed E-state index contributed by atoms with van der Waals surface area (Å²) in [7, 11) is 1.12. The van der Waals surface area contributed by atoms with Gasteiger partial charge < -0.3 is 14.8 Å². The number of nitrogens with one attached hydrogen (secondary N) is 1. The Balaban J connectivity index is 2.67. The fourth-order valence-corrected chi connectivity index (χ4v) is 2.51. The van der Waals surface area contributed by atoms with E-state index in [2.05, 4.69) is 23.9 Å². The van der Waals surface area contributed by atoms with Crippen molar-refractivity contribution >= 4 is 23.5 Å². The van der Waals surface area contributed by atoms with Crippen LogP contribution in [0.4, 0.5) is 5.69 Å². The molecule has 1 atom stereocenters. The van der Waals surface area contributed by atoms with Crippen molar-refractivity contribution in [3.63, 3.8) is 0 Å². The first kappa shape index (κ1) is 23.1. The summed E-state index contributed by atoms with van der Waals surface area (Å²) in [6, 6.07) is 3.02. The molecule has 0 bridgehead atoms. The normalized spacial score (nSPS) is 11.6. The van der Waals surface area contributed by atoms with Gasteiger partial charge in [0, 0.05) is 18.2 Å². The third-order valence-corrected chi connectivity index (χ3v) is 3.95. The second-order valence-corrected chi connectivity index (χ2v) is 6.89. The number of amides is 1. The zero-order chi connectivity index (χ0) is 21.3. The number of carbonyl (C=O) groups is 3. The fraction of sp³-hybridized carbons (Fsp3) is 0.526. The van der Waals surface area contributed by atoms with Crippen LogP contribution in [0.25, 0.3) is 0 Å². The van der Waals surface area contributed by atoms with Crippen LogP contribution in [-0.2, 0) is 14.3 Å². The van der Waals surface area contributed by atoms with Gasteiger partial charge in [-0.05, 0) is 25.3 Å². The summed E-state index contributed by atoms with van der Waals surface area (Å²) in [6.45, 7) is 5.59. The number of nitrogens with zero attached hydrogens (tertiary/aromatic N) is 1. The van der Waals surface area contributed by atoms with Gasteiger partial charge in [-0.2, -0.15) is 0 Å². The second kappa shape index (κ2) is 11.0. The molecule has 1 aromatic rings. The number of carbonyl (C=O) groups excluding carboxylic acids is 3. The summed E-state index contributed by atoms with van der Waals surface area (Å²) in [6.07, 6.45) is 2.85. The molecule has 9 heteroatoms. The van der Waals surface area contributed by atoms with Crippen LogP contribution in [0.2, 0.25) is 0 Å². The molecule has 0 saturated carbocycles. The molecule has 0 unspecified atom stereocenters. The van der Waals surface area contributed by atoms with E-state index in [0.717, 1.165) is 44.6 Å². The highest BCUT2D eigenvalue weighted by atomic mass is 16.6. The maximum Gasteiger partial charge on any atom is 0.338 e. The lowest BCUT2D eigenvalue weighted by Gasteiger charge is -2.14. The topological polar surface area (TPSA) is 125 Å². The van der Waals surface area contributed by atoms with Crippen molar-refractivity contribution < 1.29 is 28.8 Å². The number of methoxy groups -OCH3 is 1. The van der Waals surface area contributed by atoms with Crippen LogP contribution >= 0.6 is 0 Å². The van der Waals surface area contributed by atoms with E-state index in [1.807, 2.05) is 6.92 Å². The lowest BCUT2D eigenvalue weighted by atomic mass is 10.0. The van der Waals surface area contributed by atoms with E-state index in [0.29, 0.717) is 5.92 Å². The summed E-state index contributed by atoms with van der Waals surface area (Å²) in [5.41, 5.74) is -0.836. The van der Waals surface area contributed by atoms with Crippen LogP contribution in [0, 0.1) is 16.0 Å². The Morgan fingerprint density at radius 3 is 2.21 bits per heavy atom. The molecule has 0 aliphatic rings. The van der Waals surface area contributed by atoms with Gasteiger partial charge >= 0.3 is 11.9 Å². The van der Waals surface area contributed by atoms with Crippen LogP contribution in [-0.4, -0.2) is 42.5 Å². The van der Waals surface area contributed by atoms with Crippen molar-refractivity contribution in [3.05, 3.63) is 39.4 Å². The summed E-state index contributed by atoms with van der Waals surface area (Å²) in [4.78, 5) is 45.9. The fourth-order valence-electron chi connectivity index (χ4n) is 2.51. The predicted octanol–water partition coefficient (Wildman–Crippen LogP) is 2.87. The number of esters is 2. The first-order valence-electron chi connectivity index (χ1n) is 8.98. The summed E-state index contributed by atoms with van der Waals surface area (Å²) >= 11 is 0. The molecule has 9 nitrogen and oxygen atoms in total. The van der Waals surface area contributed by atoms with Crippen molar-refractivity contribution in [1.82, 2.24) is 5.32 Å². The van der Waals surface area contributed by atoms with Crippen molar-refractivity contribution in [2.75, 3.05) is 13.7 Å². The Hall–Kier alpha value is -2.97. The largest absolute Gasteiger partial charge is 0.465 e. The maximum absolute atomic E-state index is 12.1. The number of rotatable bonds is 10. The van der Waals surface area contributed by atoms with Crippen molar-refractivity contribution in [1.29, 1.82) is 0 Å². The number of non-ortho nitro benzene ring substituents is 1. The maximum atomic E-state index is 12.1. The SMILES string of the molecule is COC(=O)c1cc(C(=O)OCC(=O)N[C@@H](C)CCCC(C)C)cc([N+](=O)[O-])c1. The van der Waals surface area contributed by atoms with Gasteiger partial charge in [0.25, 0.3) is 11.6 Å². The Morgan fingerprint density at radius 2 is 1.68 bits per heavy atom. The molecular formula is C19H26N2O7. The molecule has 0 radical (unpaired) electrons. The van der Waals surface area contributed by atoms with Gasteiger partial charge in [0.05, 0.1) is 23.2 Å². The first-order valence-corrected chi connectivity index (χ1v) is 8.98. The third-order valence-electron chi connectivity index (χ3n) is 3.95. The van der Waals surface area contributed by atoms with E-state index in [9.17, 15) is 24.5 Å². The molecule has 1 amide bonds. The molecule has 154 valence electrons. The van der Waals surface area contributed by atoms with Crippen LogP contribution in [0.15, 0.2) is 18.2 Å².